The summed E-state index contributed by atoms with van der Waals surface area (Å²) in [6.07, 6.45) is 1.63. The van der Waals surface area contributed by atoms with Gasteiger partial charge in [0, 0.05) is 19.6 Å². The fraction of sp³-hybridized carbons (Fsp3) is 0.556. The van der Waals surface area contributed by atoms with Crippen molar-refractivity contribution < 1.29 is 4.79 Å². The lowest BCUT2D eigenvalue weighted by molar-refractivity contribution is 0.0961. The highest BCUT2D eigenvalue weighted by atomic mass is 16.1. The molecule has 1 unspecified atom stereocenters. The van der Waals surface area contributed by atoms with Gasteiger partial charge in [-0.25, -0.2) is 0 Å². The summed E-state index contributed by atoms with van der Waals surface area (Å²) < 4.78 is 1.89. The summed E-state index contributed by atoms with van der Waals surface area (Å²) >= 11 is 0. The van der Waals surface area contributed by atoms with Gasteiger partial charge >= 0.3 is 0 Å². The lowest BCUT2D eigenvalue weighted by atomic mass is 10.2. The fourth-order valence-corrected chi connectivity index (χ4v) is 1.67. The third-order valence-corrected chi connectivity index (χ3v) is 2.49. The molecule has 1 aliphatic heterocycles. The Morgan fingerprint density at radius 1 is 1.79 bits per heavy atom. The number of aromatic nitrogens is 2. The number of fused-ring (bicyclic) bond motifs is 1. The van der Waals surface area contributed by atoms with Gasteiger partial charge in [0.1, 0.15) is 0 Å². The maximum atomic E-state index is 11.4. The quantitative estimate of drug-likeness (QED) is 0.647. The molecule has 2 heterocycles. The van der Waals surface area contributed by atoms with Crippen molar-refractivity contribution in [1.82, 2.24) is 20.4 Å². The van der Waals surface area contributed by atoms with Crippen LogP contribution in [0.25, 0.3) is 0 Å². The van der Waals surface area contributed by atoms with E-state index in [9.17, 15) is 4.79 Å². The van der Waals surface area contributed by atoms with Crippen molar-refractivity contribution in [3.8, 4) is 0 Å². The van der Waals surface area contributed by atoms with Gasteiger partial charge in [-0.3, -0.25) is 9.48 Å². The van der Waals surface area contributed by atoms with Crippen LogP contribution in [-0.2, 0) is 13.1 Å². The molecule has 0 fully saturated rings. The van der Waals surface area contributed by atoms with Gasteiger partial charge in [-0.1, -0.05) is 0 Å². The molecule has 0 spiro atoms. The highest BCUT2D eigenvalue weighted by Crippen LogP contribution is 2.13. The molecular weight excluding hydrogens is 180 g/mol. The molecule has 1 aromatic rings. The predicted octanol–water partition coefficient (Wildman–Crippen LogP) is -0.266. The molecule has 0 aliphatic carbocycles. The molecule has 0 aromatic carbocycles. The van der Waals surface area contributed by atoms with Gasteiger partial charge in [0.25, 0.3) is 5.91 Å². The van der Waals surface area contributed by atoms with Crippen LogP contribution in [0.3, 0.4) is 0 Å². The van der Waals surface area contributed by atoms with E-state index in [2.05, 4.69) is 22.7 Å². The van der Waals surface area contributed by atoms with Crippen LogP contribution in [0, 0.1) is 0 Å². The molecular formula is C9H14N4O. The van der Waals surface area contributed by atoms with E-state index in [0.717, 1.165) is 12.2 Å². The van der Waals surface area contributed by atoms with E-state index in [4.69, 9.17) is 0 Å². The second-order valence-corrected chi connectivity index (χ2v) is 3.55. The van der Waals surface area contributed by atoms with E-state index in [1.165, 1.54) is 0 Å². The number of hydrogen-bond acceptors (Lipinski definition) is 3. The molecule has 14 heavy (non-hydrogen) atoms. The minimum absolute atomic E-state index is 0.0670. The normalized spacial score (nSPS) is 20.3. The third kappa shape index (κ3) is 1.39. The summed E-state index contributed by atoms with van der Waals surface area (Å²) in [6.45, 7) is 3.64. The average Bonchev–Trinajstić information content (AvgIpc) is 2.59. The molecule has 5 nitrogen and oxygen atoms in total. The van der Waals surface area contributed by atoms with Crippen LogP contribution in [0.5, 0.6) is 0 Å². The van der Waals surface area contributed by atoms with Gasteiger partial charge < -0.3 is 10.6 Å². The number of amides is 1. The fourth-order valence-electron chi connectivity index (χ4n) is 1.67. The van der Waals surface area contributed by atoms with E-state index in [0.29, 0.717) is 18.2 Å². The number of nitrogens with zero attached hydrogens (tertiary/aromatic N) is 2. The van der Waals surface area contributed by atoms with E-state index >= 15 is 0 Å². The van der Waals surface area contributed by atoms with E-state index in [-0.39, 0.29) is 5.91 Å². The SMILES string of the molecule is CNC(=O)c1cnn2c1CNC(C)C2. The number of nitrogens with one attached hydrogen (secondary N) is 2. The zero-order valence-electron chi connectivity index (χ0n) is 8.37. The maximum absolute atomic E-state index is 11.4. The second-order valence-electron chi connectivity index (χ2n) is 3.55. The van der Waals surface area contributed by atoms with Crippen LogP contribution in [0.2, 0.25) is 0 Å². The van der Waals surface area contributed by atoms with Gasteiger partial charge in [-0.15, -0.1) is 0 Å². The number of carbonyl (C=O) groups excluding carboxylic acids is 1. The molecule has 2 rings (SSSR count). The number of hydrogen-bond donors (Lipinski definition) is 2. The van der Waals surface area contributed by atoms with Crippen molar-refractivity contribution in [2.75, 3.05) is 7.05 Å². The van der Waals surface area contributed by atoms with E-state index in [1.54, 1.807) is 13.2 Å². The van der Waals surface area contributed by atoms with Gasteiger partial charge in [0.15, 0.2) is 0 Å². The van der Waals surface area contributed by atoms with Crippen LogP contribution in [0.15, 0.2) is 6.20 Å². The average molecular weight is 194 g/mol. The van der Waals surface area contributed by atoms with Crippen molar-refractivity contribution in [3.63, 3.8) is 0 Å². The molecule has 5 heteroatoms. The molecule has 0 bridgehead atoms. The zero-order chi connectivity index (χ0) is 10.1. The molecule has 0 radical (unpaired) electrons. The van der Waals surface area contributed by atoms with Crippen LogP contribution >= 0.6 is 0 Å². The predicted molar refractivity (Wildman–Crippen MR) is 51.9 cm³/mol. The summed E-state index contributed by atoms with van der Waals surface area (Å²) in [4.78, 5) is 11.4. The summed E-state index contributed by atoms with van der Waals surface area (Å²) in [6, 6.07) is 0.417. The molecule has 2 N–H and O–H groups in total. The highest BCUT2D eigenvalue weighted by Gasteiger charge is 2.21. The monoisotopic (exact) mass is 194 g/mol. The van der Waals surface area contributed by atoms with Crippen LogP contribution in [-0.4, -0.2) is 28.8 Å². The largest absolute Gasteiger partial charge is 0.355 e. The summed E-state index contributed by atoms with van der Waals surface area (Å²) in [5.74, 6) is -0.0670. The van der Waals surface area contributed by atoms with Crippen molar-refractivity contribution in [2.45, 2.75) is 26.1 Å². The van der Waals surface area contributed by atoms with Crippen molar-refractivity contribution in [1.29, 1.82) is 0 Å². The Balaban J connectivity index is 2.33. The summed E-state index contributed by atoms with van der Waals surface area (Å²) in [7, 11) is 1.63. The standard InChI is InChI=1S/C9H14N4O/c1-6-5-13-8(4-11-6)7(3-12-13)9(14)10-2/h3,6,11H,4-5H2,1-2H3,(H,10,14). The molecule has 0 saturated heterocycles. The van der Waals surface area contributed by atoms with Gasteiger partial charge in [0.05, 0.1) is 24.0 Å². The lowest BCUT2D eigenvalue weighted by Crippen LogP contribution is -2.37. The smallest absolute Gasteiger partial charge is 0.254 e. The first-order valence-electron chi connectivity index (χ1n) is 4.72. The van der Waals surface area contributed by atoms with Crippen molar-refractivity contribution in [3.05, 3.63) is 17.5 Å². The van der Waals surface area contributed by atoms with E-state index < -0.39 is 0 Å². The minimum atomic E-state index is -0.0670. The van der Waals surface area contributed by atoms with Crippen molar-refractivity contribution >= 4 is 5.91 Å². The Morgan fingerprint density at radius 2 is 2.57 bits per heavy atom. The van der Waals surface area contributed by atoms with Crippen LogP contribution < -0.4 is 10.6 Å². The second kappa shape index (κ2) is 3.42. The Kier molecular flexibility index (Phi) is 2.25. The highest BCUT2D eigenvalue weighted by molar-refractivity contribution is 5.94. The van der Waals surface area contributed by atoms with Gasteiger partial charge in [0.2, 0.25) is 0 Å². The Morgan fingerprint density at radius 3 is 3.29 bits per heavy atom. The topological polar surface area (TPSA) is 59.0 Å². The summed E-state index contributed by atoms with van der Waals surface area (Å²) in [5.41, 5.74) is 1.65. The number of rotatable bonds is 1. The number of carbonyl (C=O) groups is 1. The first kappa shape index (κ1) is 9.21. The summed E-state index contributed by atoms with van der Waals surface area (Å²) in [5, 5.41) is 10.1. The van der Waals surface area contributed by atoms with Crippen LogP contribution in [0.4, 0.5) is 0 Å². The molecule has 1 aromatic heterocycles. The minimum Gasteiger partial charge on any atom is -0.355 e. The first-order valence-corrected chi connectivity index (χ1v) is 4.72. The van der Waals surface area contributed by atoms with Crippen LogP contribution in [0.1, 0.15) is 23.0 Å². The Hall–Kier alpha value is -1.36. The molecule has 76 valence electrons. The van der Waals surface area contributed by atoms with Gasteiger partial charge in [-0.2, -0.15) is 5.10 Å². The van der Waals surface area contributed by atoms with E-state index in [1.807, 2.05) is 4.68 Å². The van der Waals surface area contributed by atoms with Gasteiger partial charge in [-0.05, 0) is 6.92 Å². The molecule has 1 aliphatic rings. The van der Waals surface area contributed by atoms with Crippen molar-refractivity contribution in [2.24, 2.45) is 0 Å². The molecule has 1 atom stereocenters. The third-order valence-electron chi connectivity index (χ3n) is 2.49. The Bertz CT molecular complexity index is 358. The first-order chi connectivity index (χ1) is 6.72. The zero-order valence-corrected chi connectivity index (χ0v) is 8.37. The molecule has 0 saturated carbocycles. The lowest BCUT2D eigenvalue weighted by Gasteiger charge is -2.22. The molecule has 1 amide bonds. The maximum Gasteiger partial charge on any atom is 0.254 e. The Labute approximate surface area is 82.5 Å².